The maximum Gasteiger partial charge on any atom is 0.291 e. The van der Waals surface area contributed by atoms with Gasteiger partial charge in [-0.15, -0.1) is 0 Å². The van der Waals surface area contributed by atoms with E-state index in [-0.39, 0.29) is 16.6 Å². The summed E-state index contributed by atoms with van der Waals surface area (Å²) in [7, 11) is -3.45. The molecule has 0 saturated carbocycles. The molecule has 1 N–H and O–H groups in total. The van der Waals surface area contributed by atoms with Crippen LogP contribution < -0.4 is 5.32 Å². The number of anilines is 1. The van der Waals surface area contributed by atoms with Crippen LogP contribution in [0.3, 0.4) is 0 Å². The van der Waals surface area contributed by atoms with Gasteiger partial charge in [-0.2, -0.15) is 4.31 Å². The maximum absolute atomic E-state index is 12.5. The number of amides is 1. The number of furan rings is 1. The third kappa shape index (κ3) is 3.11. The SMILES string of the molecule is O=C(Nc1ccc(S(=O)(=O)N2CCCC2)cc1)c1cc2ccccc2o1. The topological polar surface area (TPSA) is 79.6 Å². The maximum atomic E-state index is 12.5. The molecule has 0 bridgehead atoms. The van der Waals surface area contributed by atoms with E-state index in [2.05, 4.69) is 5.32 Å². The molecular formula is C19H18N2O4S. The van der Waals surface area contributed by atoms with Gasteiger partial charge in [-0.1, -0.05) is 18.2 Å². The Hall–Kier alpha value is -2.64. The monoisotopic (exact) mass is 370 g/mol. The molecule has 3 aromatic rings. The number of nitrogens with zero attached hydrogens (tertiary/aromatic N) is 1. The second kappa shape index (κ2) is 6.59. The highest BCUT2D eigenvalue weighted by molar-refractivity contribution is 7.89. The quantitative estimate of drug-likeness (QED) is 0.763. The highest BCUT2D eigenvalue weighted by Gasteiger charge is 2.27. The van der Waals surface area contributed by atoms with E-state index in [9.17, 15) is 13.2 Å². The van der Waals surface area contributed by atoms with Crippen LogP contribution in [0.25, 0.3) is 11.0 Å². The molecule has 1 amide bonds. The average Bonchev–Trinajstić information content (AvgIpc) is 3.32. The van der Waals surface area contributed by atoms with Crippen molar-refractivity contribution >= 4 is 32.6 Å². The van der Waals surface area contributed by atoms with Gasteiger partial charge in [0.2, 0.25) is 10.0 Å². The predicted molar refractivity (Wildman–Crippen MR) is 98.6 cm³/mol. The number of para-hydroxylation sites is 1. The molecule has 6 nitrogen and oxygen atoms in total. The molecular weight excluding hydrogens is 352 g/mol. The first-order valence-electron chi connectivity index (χ1n) is 8.44. The molecule has 0 radical (unpaired) electrons. The summed E-state index contributed by atoms with van der Waals surface area (Å²) in [4.78, 5) is 12.6. The molecule has 1 aliphatic heterocycles. The van der Waals surface area contributed by atoms with Crippen LogP contribution in [0.5, 0.6) is 0 Å². The van der Waals surface area contributed by atoms with E-state index < -0.39 is 10.0 Å². The zero-order chi connectivity index (χ0) is 18.1. The summed E-state index contributed by atoms with van der Waals surface area (Å²) in [5.74, 6) is -0.170. The number of benzene rings is 2. The lowest BCUT2D eigenvalue weighted by Gasteiger charge is -2.15. The molecule has 0 spiro atoms. The van der Waals surface area contributed by atoms with E-state index in [1.165, 1.54) is 16.4 Å². The van der Waals surface area contributed by atoms with Crippen molar-refractivity contribution in [3.63, 3.8) is 0 Å². The van der Waals surface area contributed by atoms with E-state index in [1.807, 2.05) is 18.2 Å². The van der Waals surface area contributed by atoms with Crippen LogP contribution in [0.1, 0.15) is 23.4 Å². The molecule has 4 rings (SSSR count). The van der Waals surface area contributed by atoms with Crippen molar-refractivity contribution in [1.29, 1.82) is 0 Å². The highest BCUT2D eigenvalue weighted by Crippen LogP contribution is 2.23. The fourth-order valence-corrected chi connectivity index (χ4v) is 4.59. The van der Waals surface area contributed by atoms with Crippen molar-refractivity contribution in [2.24, 2.45) is 0 Å². The Morgan fingerprint density at radius 3 is 2.38 bits per heavy atom. The summed E-state index contributed by atoms with van der Waals surface area (Å²) in [5, 5.41) is 3.58. The minimum Gasteiger partial charge on any atom is -0.451 e. The second-order valence-corrected chi connectivity index (χ2v) is 8.18. The van der Waals surface area contributed by atoms with Crippen LogP contribution >= 0.6 is 0 Å². The van der Waals surface area contributed by atoms with Crippen molar-refractivity contribution in [1.82, 2.24) is 4.31 Å². The van der Waals surface area contributed by atoms with Crippen LogP contribution in [0.4, 0.5) is 5.69 Å². The van der Waals surface area contributed by atoms with Gasteiger partial charge >= 0.3 is 0 Å². The fraction of sp³-hybridized carbons (Fsp3) is 0.211. The molecule has 1 aromatic heterocycles. The molecule has 26 heavy (non-hydrogen) atoms. The zero-order valence-electron chi connectivity index (χ0n) is 14.0. The van der Waals surface area contributed by atoms with Gasteiger partial charge < -0.3 is 9.73 Å². The summed E-state index contributed by atoms with van der Waals surface area (Å²) >= 11 is 0. The highest BCUT2D eigenvalue weighted by atomic mass is 32.2. The van der Waals surface area contributed by atoms with Gasteiger partial charge in [0.25, 0.3) is 5.91 Å². The van der Waals surface area contributed by atoms with Crippen LogP contribution in [-0.4, -0.2) is 31.7 Å². The van der Waals surface area contributed by atoms with Crippen LogP contribution in [0.15, 0.2) is 63.9 Å². The number of nitrogens with one attached hydrogen (secondary N) is 1. The Bertz CT molecular complexity index is 1020. The van der Waals surface area contributed by atoms with Gasteiger partial charge in [0.05, 0.1) is 4.90 Å². The van der Waals surface area contributed by atoms with E-state index in [1.54, 1.807) is 24.3 Å². The molecule has 0 aliphatic carbocycles. The lowest BCUT2D eigenvalue weighted by atomic mass is 10.2. The van der Waals surface area contributed by atoms with E-state index >= 15 is 0 Å². The number of carbonyl (C=O) groups is 1. The number of rotatable bonds is 4. The summed E-state index contributed by atoms with van der Waals surface area (Å²) in [6, 6.07) is 15.3. The van der Waals surface area contributed by atoms with E-state index in [4.69, 9.17) is 4.42 Å². The predicted octanol–water partition coefficient (Wildman–Crippen LogP) is 3.47. The normalized spacial score (nSPS) is 15.4. The Kier molecular flexibility index (Phi) is 4.26. The summed E-state index contributed by atoms with van der Waals surface area (Å²) < 4.78 is 32.1. The minimum absolute atomic E-state index is 0.208. The average molecular weight is 370 g/mol. The molecule has 134 valence electrons. The number of fused-ring (bicyclic) bond motifs is 1. The standard InChI is InChI=1S/C19H18N2O4S/c22-19(18-13-14-5-1-2-6-17(14)25-18)20-15-7-9-16(10-8-15)26(23,24)21-11-3-4-12-21/h1-2,5-10,13H,3-4,11-12H2,(H,20,22). The van der Waals surface area contributed by atoms with Gasteiger partial charge in [-0.05, 0) is 49.2 Å². The smallest absolute Gasteiger partial charge is 0.291 e. The molecule has 7 heteroatoms. The Morgan fingerprint density at radius 1 is 1.00 bits per heavy atom. The Morgan fingerprint density at radius 2 is 1.69 bits per heavy atom. The first-order chi connectivity index (χ1) is 12.5. The first-order valence-corrected chi connectivity index (χ1v) is 9.88. The molecule has 2 heterocycles. The Balaban J connectivity index is 1.51. The van der Waals surface area contributed by atoms with Crippen LogP contribution in [0.2, 0.25) is 0 Å². The largest absolute Gasteiger partial charge is 0.451 e. The number of sulfonamides is 1. The van der Waals surface area contributed by atoms with Crippen molar-refractivity contribution < 1.29 is 17.6 Å². The number of hydrogen-bond acceptors (Lipinski definition) is 4. The molecule has 1 aliphatic rings. The molecule has 0 atom stereocenters. The minimum atomic E-state index is -3.45. The van der Waals surface area contributed by atoms with Crippen molar-refractivity contribution in [3.8, 4) is 0 Å². The Labute approximate surface area is 151 Å². The fourth-order valence-electron chi connectivity index (χ4n) is 3.07. The van der Waals surface area contributed by atoms with E-state index in [0.717, 1.165) is 18.2 Å². The molecule has 1 fully saturated rings. The third-order valence-electron chi connectivity index (χ3n) is 4.46. The van der Waals surface area contributed by atoms with E-state index in [0.29, 0.717) is 24.4 Å². The van der Waals surface area contributed by atoms with Gasteiger partial charge in [-0.25, -0.2) is 8.42 Å². The van der Waals surface area contributed by atoms with Gasteiger partial charge in [-0.3, -0.25) is 4.79 Å². The lowest BCUT2D eigenvalue weighted by Crippen LogP contribution is -2.27. The number of carbonyl (C=O) groups excluding carboxylic acids is 1. The third-order valence-corrected chi connectivity index (χ3v) is 6.38. The van der Waals surface area contributed by atoms with Crippen molar-refractivity contribution in [2.45, 2.75) is 17.7 Å². The molecule has 0 unspecified atom stereocenters. The summed E-state index contributed by atoms with van der Waals surface area (Å²) in [5.41, 5.74) is 1.15. The zero-order valence-corrected chi connectivity index (χ0v) is 14.8. The summed E-state index contributed by atoms with van der Waals surface area (Å²) in [6.07, 6.45) is 1.79. The van der Waals surface area contributed by atoms with Gasteiger partial charge in [0, 0.05) is 24.2 Å². The molecule has 2 aromatic carbocycles. The van der Waals surface area contributed by atoms with Gasteiger partial charge in [0.15, 0.2) is 5.76 Å². The van der Waals surface area contributed by atoms with Crippen molar-refractivity contribution in [3.05, 3.63) is 60.4 Å². The lowest BCUT2D eigenvalue weighted by molar-refractivity contribution is 0.0998. The van der Waals surface area contributed by atoms with Crippen molar-refractivity contribution in [2.75, 3.05) is 18.4 Å². The first kappa shape index (κ1) is 16.8. The number of hydrogen-bond donors (Lipinski definition) is 1. The van der Waals surface area contributed by atoms with Gasteiger partial charge in [0.1, 0.15) is 5.58 Å². The summed E-state index contributed by atoms with van der Waals surface area (Å²) in [6.45, 7) is 1.12. The van der Waals surface area contributed by atoms with Crippen LogP contribution in [-0.2, 0) is 10.0 Å². The second-order valence-electron chi connectivity index (χ2n) is 6.24. The molecule has 1 saturated heterocycles. The van der Waals surface area contributed by atoms with Crippen LogP contribution in [0, 0.1) is 0 Å².